The largest absolute Gasteiger partial charge is 0.387 e. The molecule has 3 fully saturated rings. The summed E-state index contributed by atoms with van der Waals surface area (Å²) in [6.45, 7) is 12.9. The number of carbonyl (C=O) groups excluding carboxylic acids is 2. The van der Waals surface area contributed by atoms with Gasteiger partial charge in [0.1, 0.15) is 12.2 Å². The highest BCUT2D eigenvalue weighted by atomic mass is 35.5. The predicted octanol–water partition coefficient (Wildman–Crippen LogP) is 5.82. The highest BCUT2D eigenvalue weighted by Gasteiger charge is 2.52. The van der Waals surface area contributed by atoms with Crippen molar-refractivity contribution in [3.63, 3.8) is 0 Å². The second-order valence-electron chi connectivity index (χ2n) is 17.5. The van der Waals surface area contributed by atoms with Crippen molar-refractivity contribution in [1.29, 1.82) is 0 Å². The van der Waals surface area contributed by atoms with Crippen molar-refractivity contribution in [3.8, 4) is 0 Å². The quantitative estimate of drug-likeness (QED) is 0.241. The SMILES string of the molecule is COC1(C)C[C@H](OC2C(C)[C@@H](O[C@@H]3O[C@H](C)C[C@H](N(C)C)[C@H]3O)[C@](C)(OC)C[C@@H](C)C(=O)NC(c3ccc(Cl)cc3)C(c3ccc(Cl)cc3)NC(=O)[C@@H]2C)OC(C)[C@@H]1O. The summed E-state index contributed by atoms with van der Waals surface area (Å²) in [5, 5.41) is 30.4. The van der Waals surface area contributed by atoms with Crippen LogP contribution in [0.25, 0.3) is 0 Å². The van der Waals surface area contributed by atoms with Crippen molar-refractivity contribution in [3.05, 3.63) is 69.7 Å². The van der Waals surface area contributed by atoms with E-state index < -0.39 is 84.1 Å². The molecule has 16 atom stereocenters. The van der Waals surface area contributed by atoms with E-state index in [2.05, 4.69) is 10.6 Å². The molecule has 15 heteroatoms. The maximum Gasteiger partial charge on any atom is 0.226 e. The minimum atomic E-state index is -1.21. The zero-order valence-corrected chi connectivity index (χ0v) is 37.7. The Morgan fingerprint density at radius 1 is 0.763 bits per heavy atom. The topological polar surface area (TPSA) is 157 Å². The molecule has 0 bridgehead atoms. The molecular formula is C44H65Cl2N3O10. The van der Waals surface area contributed by atoms with Crippen molar-refractivity contribution < 1.29 is 48.2 Å². The van der Waals surface area contributed by atoms with Crippen LogP contribution in [-0.2, 0) is 38.0 Å². The third-order valence-electron chi connectivity index (χ3n) is 12.9. The lowest BCUT2D eigenvalue weighted by Gasteiger charge is -2.49. The molecule has 0 aromatic heterocycles. The smallest absolute Gasteiger partial charge is 0.226 e. The van der Waals surface area contributed by atoms with Crippen LogP contribution in [0.15, 0.2) is 48.5 Å². The second kappa shape index (κ2) is 19.8. The van der Waals surface area contributed by atoms with Crippen LogP contribution in [0.5, 0.6) is 0 Å². The summed E-state index contributed by atoms with van der Waals surface area (Å²) in [6.07, 6.45) is -5.80. The maximum absolute atomic E-state index is 15.0. The number of amides is 2. The first-order valence-corrected chi connectivity index (χ1v) is 21.3. The monoisotopic (exact) mass is 865 g/mol. The van der Waals surface area contributed by atoms with Gasteiger partial charge in [-0.15, -0.1) is 0 Å². The number of halogens is 2. The van der Waals surface area contributed by atoms with Gasteiger partial charge in [0.2, 0.25) is 11.8 Å². The fraction of sp³-hybridized carbons (Fsp3) is 0.682. The molecule has 59 heavy (non-hydrogen) atoms. The molecule has 0 saturated carbocycles. The Morgan fingerprint density at radius 2 is 1.29 bits per heavy atom. The number of carbonyl (C=O) groups is 2. The summed E-state index contributed by atoms with van der Waals surface area (Å²) < 4.78 is 38.7. The van der Waals surface area contributed by atoms with Gasteiger partial charge in [-0.25, -0.2) is 0 Å². The molecule has 2 aromatic rings. The number of rotatable bonds is 9. The molecule has 0 aliphatic carbocycles. The molecule has 2 aromatic carbocycles. The van der Waals surface area contributed by atoms with Gasteiger partial charge in [0.25, 0.3) is 0 Å². The van der Waals surface area contributed by atoms with Gasteiger partial charge in [-0.1, -0.05) is 68.2 Å². The highest BCUT2D eigenvalue weighted by Crippen LogP contribution is 2.41. The van der Waals surface area contributed by atoms with E-state index in [1.165, 1.54) is 7.11 Å². The van der Waals surface area contributed by atoms with Gasteiger partial charge in [-0.2, -0.15) is 0 Å². The number of nitrogens with zero attached hydrogens (tertiary/aromatic N) is 1. The van der Waals surface area contributed by atoms with Gasteiger partial charge in [0.15, 0.2) is 12.6 Å². The molecule has 330 valence electrons. The summed E-state index contributed by atoms with van der Waals surface area (Å²) in [5.41, 5.74) is -0.803. The van der Waals surface area contributed by atoms with Crippen LogP contribution in [0.4, 0.5) is 0 Å². The molecule has 5 rings (SSSR count). The van der Waals surface area contributed by atoms with Crippen LogP contribution < -0.4 is 10.6 Å². The molecule has 3 aliphatic rings. The van der Waals surface area contributed by atoms with E-state index in [-0.39, 0.29) is 36.8 Å². The van der Waals surface area contributed by atoms with Crippen molar-refractivity contribution in [2.45, 2.75) is 146 Å². The molecule has 4 N–H and O–H groups in total. The normalized spacial score (nSPS) is 40.3. The number of aliphatic hydroxyl groups excluding tert-OH is 2. The Hall–Kier alpha value is -2.40. The molecule has 3 saturated heterocycles. The number of methoxy groups -OCH3 is 2. The Balaban J connectivity index is 1.67. The van der Waals surface area contributed by atoms with Gasteiger partial charge >= 0.3 is 0 Å². The average Bonchev–Trinajstić information content (AvgIpc) is 3.20. The average molecular weight is 867 g/mol. The number of hydrogen-bond donors (Lipinski definition) is 4. The van der Waals surface area contributed by atoms with Gasteiger partial charge in [0, 0.05) is 48.6 Å². The van der Waals surface area contributed by atoms with E-state index >= 15 is 0 Å². The molecule has 3 heterocycles. The van der Waals surface area contributed by atoms with Gasteiger partial charge in [-0.3, -0.25) is 9.59 Å². The standard InChI is InChI=1S/C44H65Cl2N3O10/c1-23-21-44(7,55-11)39(59-42-36(50)32(49(8)9)20-24(2)56-42)25(3)37(58-33-22-43(6,54-10)38(51)27(5)57-33)26(4)41(53)48-35(29-14-18-31(46)19-15-29)34(47-40(23)52)28-12-16-30(45)17-13-28/h12-19,23-27,32-39,42,50-51H,20-22H2,1-11H3,(H,47,52)(H,48,53)/t23-,24-,25?,26-,27?,32+,33+,34?,35?,36-,37?,38+,39-,42+,43?,44-/m1/s1. The van der Waals surface area contributed by atoms with Crippen molar-refractivity contribution in [2.24, 2.45) is 17.8 Å². The Morgan fingerprint density at radius 3 is 1.80 bits per heavy atom. The van der Waals surface area contributed by atoms with E-state index in [0.717, 1.165) is 0 Å². The molecule has 2 amide bonds. The van der Waals surface area contributed by atoms with Crippen molar-refractivity contribution >= 4 is 35.0 Å². The van der Waals surface area contributed by atoms with E-state index in [0.29, 0.717) is 27.6 Å². The van der Waals surface area contributed by atoms with Crippen LogP contribution in [0, 0.1) is 17.8 Å². The first-order valence-electron chi connectivity index (χ1n) is 20.6. The lowest BCUT2D eigenvalue weighted by Crippen LogP contribution is -2.61. The third-order valence-corrected chi connectivity index (χ3v) is 13.4. The van der Waals surface area contributed by atoms with Crippen LogP contribution in [0.3, 0.4) is 0 Å². The molecule has 6 unspecified atom stereocenters. The van der Waals surface area contributed by atoms with Gasteiger partial charge < -0.3 is 54.2 Å². The molecular weight excluding hydrogens is 801 g/mol. The van der Waals surface area contributed by atoms with E-state index in [1.807, 2.05) is 71.0 Å². The van der Waals surface area contributed by atoms with Crippen LogP contribution in [-0.4, -0.2) is 122 Å². The molecule has 3 aliphatic heterocycles. The number of likely N-dealkylation sites (N-methyl/N-ethyl adjacent to an activating group) is 1. The number of ether oxygens (including phenoxy) is 6. The first-order chi connectivity index (χ1) is 27.7. The lowest BCUT2D eigenvalue weighted by molar-refractivity contribution is -0.318. The van der Waals surface area contributed by atoms with Gasteiger partial charge in [-0.05, 0) is 90.0 Å². The minimum absolute atomic E-state index is 0.160. The minimum Gasteiger partial charge on any atom is -0.387 e. The first kappa shape index (κ1) is 47.6. The van der Waals surface area contributed by atoms with Crippen LogP contribution in [0.2, 0.25) is 10.0 Å². The zero-order valence-electron chi connectivity index (χ0n) is 36.2. The highest BCUT2D eigenvalue weighted by molar-refractivity contribution is 6.30. The van der Waals surface area contributed by atoms with Crippen LogP contribution >= 0.6 is 23.2 Å². The second-order valence-corrected chi connectivity index (χ2v) is 18.4. The van der Waals surface area contributed by atoms with Crippen molar-refractivity contribution in [1.82, 2.24) is 15.5 Å². The Labute approximate surface area is 359 Å². The maximum atomic E-state index is 15.0. The summed E-state index contributed by atoms with van der Waals surface area (Å²) in [4.78, 5) is 31.4. The summed E-state index contributed by atoms with van der Waals surface area (Å²) >= 11 is 12.7. The fourth-order valence-corrected chi connectivity index (χ4v) is 9.32. The lowest BCUT2D eigenvalue weighted by atomic mass is 9.77. The summed E-state index contributed by atoms with van der Waals surface area (Å²) in [5.74, 6) is -2.86. The summed E-state index contributed by atoms with van der Waals surface area (Å²) in [6, 6.07) is 12.5. The van der Waals surface area contributed by atoms with E-state index in [4.69, 9.17) is 51.6 Å². The van der Waals surface area contributed by atoms with E-state index in [1.54, 1.807) is 52.1 Å². The molecule has 0 radical (unpaired) electrons. The molecule has 13 nitrogen and oxygen atoms in total. The predicted molar refractivity (Wildman–Crippen MR) is 225 cm³/mol. The number of nitrogens with one attached hydrogen (secondary N) is 2. The Bertz CT molecular complexity index is 1710. The van der Waals surface area contributed by atoms with E-state index in [9.17, 15) is 19.8 Å². The van der Waals surface area contributed by atoms with Crippen LogP contribution in [0.1, 0.15) is 90.9 Å². The molecule has 0 spiro atoms. The number of benzene rings is 2. The zero-order chi connectivity index (χ0) is 43.6. The summed E-state index contributed by atoms with van der Waals surface area (Å²) in [7, 11) is 6.90. The third kappa shape index (κ3) is 10.8. The Kier molecular flexibility index (Phi) is 16.0. The van der Waals surface area contributed by atoms with Crippen molar-refractivity contribution in [2.75, 3.05) is 28.3 Å². The van der Waals surface area contributed by atoms with Gasteiger partial charge in [0.05, 0.1) is 53.6 Å². The fourth-order valence-electron chi connectivity index (χ4n) is 9.07. The number of aliphatic hydroxyl groups is 2. The number of hydrogen-bond acceptors (Lipinski definition) is 11.